The summed E-state index contributed by atoms with van der Waals surface area (Å²) in [5, 5.41) is 5.93. The van der Waals surface area contributed by atoms with Crippen molar-refractivity contribution in [2.75, 3.05) is 6.54 Å². The van der Waals surface area contributed by atoms with E-state index in [0.717, 1.165) is 32.1 Å². The van der Waals surface area contributed by atoms with Crippen molar-refractivity contribution in [1.82, 2.24) is 15.5 Å². The second-order valence-electron chi connectivity index (χ2n) is 7.64. The predicted molar refractivity (Wildman–Crippen MR) is 96.3 cm³/mol. The minimum Gasteiger partial charge on any atom is -0.349 e. The van der Waals surface area contributed by atoms with Gasteiger partial charge in [-0.05, 0) is 43.2 Å². The van der Waals surface area contributed by atoms with Crippen molar-refractivity contribution >= 4 is 17.8 Å². The molecule has 2 N–H and O–H groups in total. The van der Waals surface area contributed by atoms with Gasteiger partial charge in [-0.1, -0.05) is 37.1 Å². The zero-order valence-electron chi connectivity index (χ0n) is 14.9. The molecule has 1 saturated carbocycles. The van der Waals surface area contributed by atoms with E-state index >= 15 is 0 Å². The Morgan fingerprint density at radius 2 is 1.96 bits per heavy atom. The fourth-order valence-electron chi connectivity index (χ4n) is 4.58. The molecule has 0 bridgehead atoms. The molecule has 1 aliphatic heterocycles. The van der Waals surface area contributed by atoms with E-state index in [4.69, 9.17) is 0 Å². The topological polar surface area (TPSA) is 78.5 Å². The number of fused-ring (bicyclic) bond motifs is 1. The van der Waals surface area contributed by atoms with Crippen LogP contribution >= 0.6 is 0 Å². The maximum absolute atomic E-state index is 12.6. The lowest BCUT2D eigenvalue weighted by molar-refractivity contribution is -0.131. The molecule has 0 radical (unpaired) electrons. The molecule has 1 spiro atoms. The zero-order valence-corrected chi connectivity index (χ0v) is 14.9. The van der Waals surface area contributed by atoms with Crippen LogP contribution in [-0.2, 0) is 16.0 Å². The van der Waals surface area contributed by atoms with E-state index in [-0.39, 0.29) is 36.9 Å². The highest BCUT2D eigenvalue weighted by Crippen LogP contribution is 2.35. The Labute approximate surface area is 153 Å². The number of imide groups is 1. The Balaban J connectivity index is 1.35. The molecule has 0 aromatic heterocycles. The number of nitrogens with one attached hydrogen (secondary N) is 2. The Morgan fingerprint density at radius 3 is 2.77 bits per heavy atom. The zero-order chi connectivity index (χ0) is 18.1. The molecule has 1 aromatic carbocycles. The molecule has 1 atom stereocenters. The molecule has 6 nitrogen and oxygen atoms in total. The molecule has 3 aliphatic rings. The normalized spacial score (nSPS) is 23.8. The van der Waals surface area contributed by atoms with Crippen LogP contribution in [0.4, 0.5) is 4.79 Å². The quantitative estimate of drug-likeness (QED) is 0.814. The lowest BCUT2D eigenvalue weighted by Crippen LogP contribution is -2.44. The second-order valence-corrected chi connectivity index (χ2v) is 7.64. The summed E-state index contributed by atoms with van der Waals surface area (Å²) < 4.78 is 0. The Kier molecular flexibility index (Phi) is 4.42. The lowest BCUT2D eigenvalue weighted by Gasteiger charge is -2.26. The van der Waals surface area contributed by atoms with E-state index in [1.807, 2.05) is 12.1 Å². The van der Waals surface area contributed by atoms with Gasteiger partial charge in [0.2, 0.25) is 5.91 Å². The summed E-state index contributed by atoms with van der Waals surface area (Å²) in [4.78, 5) is 38.4. The van der Waals surface area contributed by atoms with Crippen molar-refractivity contribution in [2.24, 2.45) is 0 Å². The minimum atomic E-state index is -0.699. The molecule has 1 unspecified atom stereocenters. The van der Waals surface area contributed by atoms with E-state index in [9.17, 15) is 14.4 Å². The van der Waals surface area contributed by atoms with Crippen molar-refractivity contribution < 1.29 is 14.4 Å². The monoisotopic (exact) mass is 355 g/mol. The molecule has 2 fully saturated rings. The van der Waals surface area contributed by atoms with Crippen LogP contribution in [0.25, 0.3) is 0 Å². The molecule has 2 aliphatic carbocycles. The van der Waals surface area contributed by atoms with Crippen LogP contribution < -0.4 is 10.6 Å². The number of hydrogen-bond donors (Lipinski definition) is 2. The number of nitrogens with zero attached hydrogens (tertiary/aromatic N) is 1. The summed E-state index contributed by atoms with van der Waals surface area (Å²) in [6.07, 6.45) is 6.51. The SMILES string of the molecule is O=C(CCN1C(=O)NC2(CCCC2)C1=O)NC1CCCc2ccccc21. The first kappa shape index (κ1) is 17.1. The van der Waals surface area contributed by atoms with Gasteiger partial charge < -0.3 is 10.6 Å². The maximum Gasteiger partial charge on any atom is 0.325 e. The number of benzene rings is 1. The van der Waals surface area contributed by atoms with Crippen LogP contribution in [0.15, 0.2) is 24.3 Å². The van der Waals surface area contributed by atoms with Gasteiger partial charge in [0.25, 0.3) is 5.91 Å². The van der Waals surface area contributed by atoms with Crippen LogP contribution in [0, 0.1) is 0 Å². The molecule has 1 aromatic rings. The van der Waals surface area contributed by atoms with Crippen LogP contribution in [-0.4, -0.2) is 34.8 Å². The summed E-state index contributed by atoms with van der Waals surface area (Å²) in [5.74, 6) is -0.268. The van der Waals surface area contributed by atoms with Crippen molar-refractivity contribution in [3.05, 3.63) is 35.4 Å². The van der Waals surface area contributed by atoms with Crippen molar-refractivity contribution in [2.45, 2.75) is 62.9 Å². The fourth-order valence-corrected chi connectivity index (χ4v) is 4.58. The highest BCUT2D eigenvalue weighted by molar-refractivity contribution is 6.07. The first-order chi connectivity index (χ1) is 12.6. The number of amides is 4. The summed E-state index contributed by atoms with van der Waals surface area (Å²) in [5.41, 5.74) is 1.78. The summed E-state index contributed by atoms with van der Waals surface area (Å²) in [6.45, 7) is 0.145. The number of carbonyl (C=O) groups excluding carboxylic acids is 3. The van der Waals surface area contributed by atoms with Crippen LogP contribution in [0.5, 0.6) is 0 Å². The van der Waals surface area contributed by atoms with Crippen molar-refractivity contribution in [3.63, 3.8) is 0 Å². The molecule has 26 heavy (non-hydrogen) atoms. The second kappa shape index (κ2) is 6.74. The van der Waals surface area contributed by atoms with Gasteiger partial charge in [-0.3, -0.25) is 14.5 Å². The van der Waals surface area contributed by atoms with Crippen molar-refractivity contribution in [3.8, 4) is 0 Å². The first-order valence-electron chi connectivity index (χ1n) is 9.60. The van der Waals surface area contributed by atoms with Crippen LogP contribution in [0.1, 0.15) is 62.1 Å². The van der Waals surface area contributed by atoms with E-state index in [1.54, 1.807) is 0 Å². The molecule has 6 heteroatoms. The number of hydrogen-bond acceptors (Lipinski definition) is 3. The predicted octanol–water partition coefficient (Wildman–Crippen LogP) is 2.43. The molecular weight excluding hydrogens is 330 g/mol. The Hall–Kier alpha value is -2.37. The van der Waals surface area contributed by atoms with Crippen molar-refractivity contribution in [1.29, 1.82) is 0 Å². The number of carbonyl (C=O) groups is 3. The van der Waals surface area contributed by atoms with E-state index in [0.29, 0.717) is 12.8 Å². The molecule has 1 heterocycles. The molecule has 138 valence electrons. The Morgan fingerprint density at radius 1 is 1.19 bits per heavy atom. The van der Waals surface area contributed by atoms with Gasteiger partial charge in [0.05, 0.1) is 6.04 Å². The maximum atomic E-state index is 12.6. The highest BCUT2D eigenvalue weighted by atomic mass is 16.2. The molecule has 4 amide bonds. The first-order valence-corrected chi connectivity index (χ1v) is 9.60. The number of aryl methyl sites for hydroxylation is 1. The van der Waals surface area contributed by atoms with Gasteiger partial charge in [0.15, 0.2) is 0 Å². The van der Waals surface area contributed by atoms with Gasteiger partial charge in [-0.15, -0.1) is 0 Å². The third-order valence-corrected chi connectivity index (χ3v) is 5.97. The smallest absolute Gasteiger partial charge is 0.325 e. The van der Waals surface area contributed by atoms with Crippen LogP contribution in [0.3, 0.4) is 0 Å². The van der Waals surface area contributed by atoms with E-state index in [2.05, 4.69) is 22.8 Å². The summed E-state index contributed by atoms with van der Waals surface area (Å²) >= 11 is 0. The van der Waals surface area contributed by atoms with Gasteiger partial charge in [0, 0.05) is 13.0 Å². The van der Waals surface area contributed by atoms with Crippen LogP contribution in [0.2, 0.25) is 0 Å². The number of rotatable bonds is 4. The minimum absolute atomic E-state index is 0.0248. The van der Waals surface area contributed by atoms with Gasteiger partial charge >= 0.3 is 6.03 Å². The van der Waals surface area contributed by atoms with E-state index in [1.165, 1.54) is 16.0 Å². The summed E-state index contributed by atoms with van der Waals surface area (Å²) in [6, 6.07) is 7.88. The molecule has 4 rings (SSSR count). The molecular formula is C20H25N3O3. The highest BCUT2D eigenvalue weighted by Gasteiger charge is 2.52. The van der Waals surface area contributed by atoms with Gasteiger partial charge in [-0.25, -0.2) is 4.79 Å². The molecule has 1 saturated heterocycles. The largest absolute Gasteiger partial charge is 0.349 e. The summed E-state index contributed by atoms with van der Waals surface area (Å²) in [7, 11) is 0. The van der Waals surface area contributed by atoms with Gasteiger partial charge in [0.1, 0.15) is 5.54 Å². The average Bonchev–Trinajstić information content (AvgIpc) is 3.20. The average molecular weight is 355 g/mol. The van der Waals surface area contributed by atoms with Gasteiger partial charge in [-0.2, -0.15) is 0 Å². The third-order valence-electron chi connectivity index (χ3n) is 5.97. The lowest BCUT2D eigenvalue weighted by atomic mass is 9.87. The number of urea groups is 1. The Bertz CT molecular complexity index is 740. The third kappa shape index (κ3) is 2.97. The fraction of sp³-hybridized carbons (Fsp3) is 0.550. The van der Waals surface area contributed by atoms with E-state index < -0.39 is 5.54 Å². The standard InChI is InChI=1S/C20H25N3O3/c24-17(21-16-9-5-7-14-6-1-2-8-15(14)16)10-13-23-18(25)20(22-19(23)26)11-3-4-12-20/h1-2,6,8,16H,3-5,7,9-13H2,(H,21,24)(H,22,26).